The number of nitrogens with one attached hydrogen (secondary N) is 1. The Kier molecular flexibility index (Phi) is 5.32. The molecule has 0 radical (unpaired) electrons. The number of hydrogen-bond acceptors (Lipinski definition) is 4. The van der Waals surface area contributed by atoms with Crippen LogP contribution in [-0.2, 0) is 6.54 Å². The average molecular weight is 371 g/mol. The van der Waals surface area contributed by atoms with Crippen molar-refractivity contribution in [1.82, 2.24) is 19.9 Å². The van der Waals surface area contributed by atoms with Crippen molar-refractivity contribution >= 4 is 28.4 Å². The number of carbonyl (C=O) groups excluding carboxylic acids is 1. The molecule has 3 aromatic rings. The van der Waals surface area contributed by atoms with Crippen molar-refractivity contribution in [3.8, 4) is 0 Å². The lowest BCUT2D eigenvalue weighted by Gasteiger charge is -2.21. The van der Waals surface area contributed by atoms with Gasteiger partial charge in [-0.15, -0.1) is 0 Å². The summed E-state index contributed by atoms with van der Waals surface area (Å²) in [5.41, 5.74) is 1.62. The highest BCUT2D eigenvalue weighted by Crippen LogP contribution is 2.15. The highest BCUT2D eigenvalue weighted by Gasteiger charge is 2.17. The molecule has 0 aliphatic carbocycles. The van der Waals surface area contributed by atoms with E-state index in [9.17, 15) is 9.59 Å². The molecule has 134 valence electrons. The van der Waals surface area contributed by atoms with Crippen molar-refractivity contribution < 1.29 is 4.79 Å². The van der Waals surface area contributed by atoms with Crippen LogP contribution in [0.3, 0.4) is 0 Å². The van der Waals surface area contributed by atoms with Crippen molar-refractivity contribution in [1.29, 1.82) is 0 Å². The highest BCUT2D eigenvalue weighted by atomic mass is 35.5. The van der Waals surface area contributed by atoms with E-state index in [-0.39, 0.29) is 18.0 Å². The van der Waals surface area contributed by atoms with E-state index in [1.54, 1.807) is 41.4 Å². The third-order valence-corrected chi connectivity index (χ3v) is 4.23. The summed E-state index contributed by atoms with van der Waals surface area (Å²) < 4.78 is 0. The van der Waals surface area contributed by atoms with Gasteiger partial charge in [-0.05, 0) is 43.7 Å². The Balaban J connectivity index is 1.92. The zero-order chi connectivity index (χ0) is 18.7. The smallest absolute Gasteiger partial charge is 0.258 e. The summed E-state index contributed by atoms with van der Waals surface area (Å²) in [6, 6.07) is 8.49. The third-order valence-electron chi connectivity index (χ3n) is 4.00. The molecule has 0 aliphatic heterocycles. The molecule has 0 bridgehead atoms. The van der Waals surface area contributed by atoms with Gasteiger partial charge < -0.3 is 9.88 Å². The van der Waals surface area contributed by atoms with Crippen LogP contribution >= 0.6 is 11.6 Å². The van der Waals surface area contributed by atoms with Crippen LogP contribution in [0.1, 0.15) is 35.2 Å². The molecular formula is C19H19ClN4O2. The number of hydrogen-bond donors (Lipinski definition) is 1. The summed E-state index contributed by atoms with van der Waals surface area (Å²) in [4.78, 5) is 38.1. The number of aromatic nitrogens is 3. The van der Waals surface area contributed by atoms with Crippen molar-refractivity contribution in [3.63, 3.8) is 0 Å². The number of H-pyrrole nitrogens is 1. The van der Waals surface area contributed by atoms with Gasteiger partial charge >= 0.3 is 0 Å². The highest BCUT2D eigenvalue weighted by molar-refractivity contribution is 6.31. The number of fused-ring (bicyclic) bond motifs is 1. The van der Waals surface area contributed by atoms with Gasteiger partial charge in [0.2, 0.25) is 0 Å². The minimum atomic E-state index is -0.248. The fourth-order valence-corrected chi connectivity index (χ4v) is 2.88. The van der Waals surface area contributed by atoms with Crippen LogP contribution in [-0.4, -0.2) is 32.3 Å². The van der Waals surface area contributed by atoms with Crippen LogP contribution in [0.2, 0.25) is 5.02 Å². The topological polar surface area (TPSA) is 79.0 Å². The number of pyridine rings is 1. The molecule has 0 unspecified atom stereocenters. The number of amides is 1. The number of carbonyl (C=O) groups is 1. The lowest BCUT2D eigenvalue weighted by atomic mass is 10.2. The molecule has 1 N–H and O–H groups in total. The average Bonchev–Trinajstić information content (AvgIpc) is 2.61. The van der Waals surface area contributed by atoms with E-state index in [0.717, 1.165) is 12.1 Å². The molecule has 1 aromatic carbocycles. The molecule has 0 saturated carbocycles. The van der Waals surface area contributed by atoms with Gasteiger partial charge in [0.1, 0.15) is 5.82 Å². The quantitative estimate of drug-likeness (QED) is 0.747. The Hall–Kier alpha value is -2.73. The summed E-state index contributed by atoms with van der Waals surface area (Å²) in [6.45, 7) is 4.61. The van der Waals surface area contributed by atoms with Gasteiger partial charge in [-0.25, -0.2) is 4.98 Å². The predicted molar refractivity (Wildman–Crippen MR) is 101 cm³/mol. The zero-order valence-corrected chi connectivity index (χ0v) is 15.4. The largest absolute Gasteiger partial charge is 0.331 e. The van der Waals surface area contributed by atoms with E-state index in [0.29, 0.717) is 33.9 Å². The summed E-state index contributed by atoms with van der Waals surface area (Å²) in [5, 5.41) is 0.975. The summed E-state index contributed by atoms with van der Waals surface area (Å²) in [7, 11) is 0. The Morgan fingerprint density at radius 1 is 1.27 bits per heavy atom. The molecule has 6 nitrogen and oxygen atoms in total. The number of aromatic amines is 1. The molecule has 0 spiro atoms. The van der Waals surface area contributed by atoms with E-state index < -0.39 is 0 Å². The Morgan fingerprint density at radius 2 is 2.08 bits per heavy atom. The fraction of sp³-hybridized carbons (Fsp3) is 0.263. The van der Waals surface area contributed by atoms with Crippen LogP contribution in [0, 0.1) is 6.92 Å². The first-order valence-electron chi connectivity index (χ1n) is 8.38. The number of aryl methyl sites for hydroxylation is 1. The van der Waals surface area contributed by atoms with Crippen molar-refractivity contribution in [2.45, 2.75) is 26.8 Å². The molecule has 0 saturated heterocycles. The third kappa shape index (κ3) is 3.91. The van der Waals surface area contributed by atoms with Gasteiger partial charge in [0.25, 0.3) is 11.5 Å². The fourth-order valence-electron chi connectivity index (χ4n) is 2.72. The lowest BCUT2D eigenvalue weighted by Crippen LogP contribution is -2.33. The van der Waals surface area contributed by atoms with Crippen molar-refractivity contribution in [2.75, 3.05) is 6.54 Å². The maximum absolute atomic E-state index is 12.8. The second-order valence-corrected chi connectivity index (χ2v) is 6.53. The Labute approximate surface area is 155 Å². The second-order valence-electron chi connectivity index (χ2n) is 6.09. The first kappa shape index (κ1) is 18.1. The van der Waals surface area contributed by atoms with Gasteiger partial charge in [-0.2, -0.15) is 0 Å². The molecule has 2 aromatic heterocycles. The first-order valence-corrected chi connectivity index (χ1v) is 8.76. The second kappa shape index (κ2) is 7.66. The molecular weight excluding hydrogens is 352 g/mol. The summed E-state index contributed by atoms with van der Waals surface area (Å²) in [6.07, 6.45) is 2.35. The predicted octanol–water partition coefficient (Wildman–Crippen LogP) is 3.33. The maximum atomic E-state index is 12.8. The van der Waals surface area contributed by atoms with Gasteiger partial charge in [0.05, 0.1) is 23.0 Å². The molecule has 1 amide bonds. The molecule has 0 fully saturated rings. The first-order chi connectivity index (χ1) is 12.5. The molecule has 3 rings (SSSR count). The molecule has 2 heterocycles. The number of halogens is 1. The van der Waals surface area contributed by atoms with Crippen LogP contribution in [0.15, 0.2) is 41.3 Å². The van der Waals surface area contributed by atoms with Crippen LogP contribution < -0.4 is 5.56 Å². The number of benzene rings is 1. The van der Waals surface area contributed by atoms with Gasteiger partial charge in [-0.1, -0.05) is 18.5 Å². The van der Waals surface area contributed by atoms with Crippen LogP contribution in [0.4, 0.5) is 0 Å². The van der Waals surface area contributed by atoms with E-state index in [1.165, 1.54) is 0 Å². The van der Waals surface area contributed by atoms with Gasteiger partial charge in [0, 0.05) is 23.5 Å². The standard InChI is InChI=1S/C19H19ClN4O2/c1-3-8-24(19(26)13-5-4-12(2)21-10-13)11-17-22-16-9-14(20)6-7-15(16)18(25)23-17/h4-7,9-10H,3,8,11H2,1-2H3,(H,22,23,25). The van der Waals surface area contributed by atoms with Crippen LogP contribution in [0.5, 0.6) is 0 Å². The summed E-state index contributed by atoms with van der Waals surface area (Å²) in [5.74, 6) is 0.278. The molecule has 0 atom stereocenters. The van der Waals surface area contributed by atoms with Crippen LogP contribution in [0.25, 0.3) is 10.9 Å². The molecule has 0 aliphatic rings. The summed E-state index contributed by atoms with van der Waals surface area (Å²) >= 11 is 6.00. The van der Waals surface area contributed by atoms with Crippen molar-refractivity contribution in [3.05, 3.63) is 69.0 Å². The molecule has 7 heteroatoms. The minimum Gasteiger partial charge on any atom is -0.331 e. The van der Waals surface area contributed by atoms with Gasteiger partial charge in [-0.3, -0.25) is 14.6 Å². The van der Waals surface area contributed by atoms with Gasteiger partial charge in [0.15, 0.2) is 0 Å². The van der Waals surface area contributed by atoms with E-state index >= 15 is 0 Å². The molecule has 26 heavy (non-hydrogen) atoms. The number of rotatable bonds is 5. The monoisotopic (exact) mass is 370 g/mol. The van der Waals surface area contributed by atoms with E-state index in [2.05, 4.69) is 15.0 Å². The Morgan fingerprint density at radius 3 is 2.77 bits per heavy atom. The lowest BCUT2D eigenvalue weighted by molar-refractivity contribution is 0.0738. The maximum Gasteiger partial charge on any atom is 0.258 e. The Bertz CT molecular complexity index is 999. The minimum absolute atomic E-state index is 0.145. The van der Waals surface area contributed by atoms with Crippen molar-refractivity contribution in [2.24, 2.45) is 0 Å². The van der Waals surface area contributed by atoms with E-state index in [1.807, 2.05) is 13.8 Å². The SMILES string of the molecule is CCCN(Cc1nc2cc(Cl)ccc2c(=O)[nH]1)C(=O)c1ccc(C)nc1. The zero-order valence-electron chi connectivity index (χ0n) is 14.6. The number of nitrogens with zero attached hydrogens (tertiary/aromatic N) is 3. The normalized spacial score (nSPS) is 10.9. The van der Waals surface area contributed by atoms with E-state index in [4.69, 9.17) is 11.6 Å².